The Balaban J connectivity index is 1.39. The number of nitrogens with one attached hydrogen (secondary N) is 3. The number of methoxy groups -OCH3 is 1. The highest BCUT2D eigenvalue weighted by molar-refractivity contribution is 7.11. The summed E-state index contributed by atoms with van der Waals surface area (Å²) in [6, 6.07) is 14.2. The molecule has 2 aromatic heterocycles. The molecule has 0 saturated heterocycles. The number of aliphatic hydroxyl groups excluding tert-OH is 1. The summed E-state index contributed by atoms with van der Waals surface area (Å²) in [5.74, 6) is 2.45. The minimum absolute atomic E-state index is 0.239. The maximum Gasteiger partial charge on any atom is 0.214 e. The predicted octanol–water partition coefficient (Wildman–Crippen LogP) is 3.70. The van der Waals surface area contributed by atoms with Gasteiger partial charge in [0.05, 0.1) is 19.3 Å². The lowest BCUT2D eigenvalue weighted by Gasteiger charge is -2.26. The summed E-state index contributed by atoms with van der Waals surface area (Å²) in [5, 5.41) is 23.1. The number of thiazole rings is 1. The van der Waals surface area contributed by atoms with Crippen LogP contribution >= 0.6 is 11.3 Å². The number of aliphatic imine (C=N–C) groups is 1. The largest absolute Gasteiger partial charge is 0.481 e. The van der Waals surface area contributed by atoms with E-state index in [1.807, 2.05) is 30.3 Å². The van der Waals surface area contributed by atoms with Crippen LogP contribution in [0.15, 0.2) is 64.9 Å². The number of aliphatic hydroxyl groups is 1. The highest BCUT2D eigenvalue weighted by Crippen LogP contribution is 2.30. The number of pyridine rings is 1. The van der Waals surface area contributed by atoms with Gasteiger partial charge in [0.2, 0.25) is 11.8 Å². The molecule has 4 N–H and O–H groups in total. The Morgan fingerprint density at radius 1 is 1.21 bits per heavy atom. The summed E-state index contributed by atoms with van der Waals surface area (Å²) < 4.78 is 5.23. The third-order valence-corrected chi connectivity index (χ3v) is 7.03. The molecule has 3 heterocycles. The highest BCUT2D eigenvalue weighted by atomic mass is 32.1. The van der Waals surface area contributed by atoms with Gasteiger partial charge in [-0.2, -0.15) is 0 Å². The van der Waals surface area contributed by atoms with Crippen molar-refractivity contribution in [3.8, 4) is 17.1 Å². The second kappa shape index (κ2) is 10.2. The monoisotopic (exact) mass is 476 g/mol. The maximum atomic E-state index is 9.57. The first-order valence-corrected chi connectivity index (χ1v) is 12.3. The number of ether oxygens (including phenoxy) is 1. The Morgan fingerprint density at radius 3 is 2.88 bits per heavy atom. The first-order chi connectivity index (χ1) is 16.7. The van der Waals surface area contributed by atoms with Crippen molar-refractivity contribution in [1.82, 2.24) is 20.6 Å². The minimum atomic E-state index is 0.239. The first kappa shape index (κ1) is 22.4. The molecule has 1 aliphatic heterocycles. The fourth-order valence-electron chi connectivity index (χ4n) is 4.30. The van der Waals surface area contributed by atoms with E-state index in [9.17, 15) is 5.11 Å². The van der Waals surface area contributed by atoms with E-state index in [2.05, 4.69) is 38.4 Å². The topological polar surface area (TPSA) is 104 Å². The van der Waals surface area contributed by atoms with Gasteiger partial charge in [0.1, 0.15) is 10.8 Å². The Morgan fingerprint density at radius 2 is 2.09 bits per heavy atom. The molecule has 0 spiro atoms. The van der Waals surface area contributed by atoms with Gasteiger partial charge in [-0.15, -0.1) is 11.3 Å². The molecular weight excluding hydrogens is 448 g/mol. The van der Waals surface area contributed by atoms with Gasteiger partial charge in [0.25, 0.3) is 0 Å². The lowest BCUT2D eigenvalue weighted by atomic mass is 10.1. The number of rotatable bonds is 7. The molecule has 2 atom stereocenters. The SMILES string of the molecule is COc1cc(NC2=NCC(c3nc(-c4ccccc4)cs3)=C(NC3CCC(CO)C3)N2)ccn1. The third kappa shape index (κ3) is 5.05. The van der Waals surface area contributed by atoms with Crippen molar-refractivity contribution in [2.45, 2.75) is 25.3 Å². The normalized spacial score (nSPS) is 20.0. The fraction of sp³-hybridized carbons (Fsp3) is 0.320. The quantitative estimate of drug-likeness (QED) is 0.412. The third-order valence-electron chi connectivity index (χ3n) is 6.13. The van der Waals surface area contributed by atoms with Gasteiger partial charge in [0.15, 0.2) is 0 Å². The van der Waals surface area contributed by atoms with Gasteiger partial charge >= 0.3 is 0 Å². The van der Waals surface area contributed by atoms with Crippen LogP contribution in [0.2, 0.25) is 0 Å². The van der Waals surface area contributed by atoms with E-state index in [0.29, 0.717) is 30.3 Å². The second-order valence-corrected chi connectivity index (χ2v) is 9.32. The molecule has 0 amide bonds. The molecule has 1 aliphatic carbocycles. The van der Waals surface area contributed by atoms with E-state index in [4.69, 9.17) is 14.7 Å². The molecule has 1 saturated carbocycles. The summed E-state index contributed by atoms with van der Waals surface area (Å²) >= 11 is 1.62. The van der Waals surface area contributed by atoms with Crippen molar-refractivity contribution in [3.63, 3.8) is 0 Å². The van der Waals surface area contributed by atoms with Gasteiger partial charge in [-0.3, -0.25) is 0 Å². The molecule has 1 aromatic carbocycles. The summed E-state index contributed by atoms with van der Waals surface area (Å²) in [6.07, 6.45) is 4.70. The van der Waals surface area contributed by atoms with E-state index in [1.54, 1.807) is 24.6 Å². The van der Waals surface area contributed by atoms with Crippen LogP contribution in [0.3, 0.4) is 0 Å². The Kier molecular flexibility index (Phi) is 6.73. The molecule has 34 heavy (non-hydrogen) atoms. The Hall–Kier alpha value is -3.43. The van der Waals surface area contributed by atoms with Crippen LogP contribution in [0.5, 0.6) is 5.88 Å². The van der Waals surface area contributed by atoms with Crippen LogP contribution in [0, 0.1) is 5.92 Å². The van der Waals surface area contributed by atoms with Gasteiger partial charge in [-0.1, -0.05) is 30.3 Å². The number of aromatic nitrogens is 2. The molecule has 1 fully saturated rings. The molecule has 2 aliphatic rings. The number of guanidine groups is 1. The number of anilines is 1. The van der Waals surface area contributed by atoms with Gasteiger partial charge in [-0.05, 0) is 31.2 Å². The van der Waals surface area contributed by atoms with Crippen molar-refractivity contribution in [1.29, 1.82) is 0 Å². The van der Waals surface area contributed by atoms with Crippen molar-refractivity contribution >= 4 is 28.6 Å². The zero-order valence-electron chi connectivity index (χ0n) is 19.0. The summed E-state index contributed by atoms with van der Waals surface area (Å²) in [7, 11) is 1.60. The zero-order valence-corrected chi connectivity index (χ0v) is 19.8. The molecular formula is C25H28N6O2S. The van der Waals surface area contributed by atoms with Crippen LogP contribution in [0.25, 0.3) is 16.8 Å². The van der Waals surface area contributed by atoms with Crippen LogP contribution < -0.4 is 20.7 Å². The van der Waals surface area contributed by atoms with Gasteiger partial charge in [-0.25, -0.2) is 15.0 Å². The number of hydrogen-bond acceptors (Lipinski definition) is 9. The summed E-state index contributed by atoms with van der Waals surface area (Å²) in [5.41, 5.74) is 3.94. The first-order valence-electron chi connectivity index (χ1n) is 11.4. The molecule has 9 heteroatoms. The smallest absolute Gasteiger partial charge is 0.214 e. The van der Waals surface area contributed by atoms with Crippen molar-refractivity contribution < 1.29 is 9.84 Å². The van der Waals surface area contributed by atoms with E-state index in [1.165, 1.54) is 0 Å². The summed E-state index contributed by atoms with van der Waals surface area (Å²) in [6.45, 7) is 0.736. The minimum Gasteiger partial charge on any atom is -0.481 e. The number of benzene rings is 1. The number of hydrogen-bond donors (Lipinski definition) is 4. The highest BCUT2D eigenvalue weighted by Gasteiger charge is 2.27. The zero-order chi connectivity index (χ0) is 23.3. The lowest BCUT2D eigenvalue weighted by molar-refractivity contribution is 0.228. The predicted molar refractivity (Wildman–Crippen MR) is 136 cm³/mol. The van der Waals surface area contributed by atoms with E-state index >= 15 is 0 Å². The average molecular weight is 477 g/mol. The molecule has 3 aromatic rings. The van der Waals surface area contributed by atoms with Crippen molar-refractivity contribution in [3.05, 3.63) is 64.9 Å². The number of nitrogens with zero attached hydrogens (tertiary/aromatic N) is 3. The molecule has 2 unspecified atom stereocenters. The van der Waals surface area contributed by atoms with Gasteiger partial charge in [0, 0.05) is 47.1 Å². The Labute approximate surface area is 202 Å². The molecule has 176 valence electrons. The fourth-order valence-corrected chi connectivity index (χ4v) is 5.18. The average Bonchev–Trinajstić information content (AvgIpc) is 3.55. The van der Waals surface area contributed by atoms with E-state index in [-0.39, 0.29) is 6.61 Å². The van der Waals surface area contributed by atoms with Crippen LogP contribution in [0.4, 0.5) is 5.69 Å². The molecule has 8 nitrogen and oxygen atoms in total. The van der Waals surface area contributed by atoms with E-state index in [0.717, 1.165) is 52.6 Å². The summed E-state index contributed by atoms with van der Waals surface area (Å²) in [4.78, 5) is 13.8. The van der Waals surface area contributed by atoms with Crippen LogP contribution in [-0.4, -0.2) is 47.3 Å². The molecule has 5 rings (SSSR count). The molecule has 0 bridgehead atoms. The van der Waals surface area contributed by atoms with Crippen LogP contribution in [0.1, 0.15) is 24.3 Å². The standard InChI is InChI=1S/C25H28N6O2S/c1-33-22-12-19(9-10-26-22)29-25-27-13-20(23(31-25)28-18-8-7-16(11-18)14-32)24-30-21(15-34-24)17-5-3-2-4-6-17/h2-6,9-10,12,15-16,18,28,32H,7-8,11,13-14H2,1H3,(H2,26,27,29,31). The second-order valence-electron chi connectivity index (χ2n) is 8.46. The Bertz CT molecular complexity index is 1190. The maximum absolute atomic E-state index is 9.57. The van der Waals surface area contributed by atoms with Crippen molar-refractivity contribution in [2.24, 2.45) is 10.9 Å². The van der Waals surface area contributed by atoms with Crippen molar-refractivity contribution in [2.75, 3.05) is 25.6 Å². The van der Waals surface area contributed by atoms with Crippen LogP contribution in [-0.2, 0) is 0 Å². The molecule has 0 radical (unpaired) electrons. The lowest BCUT2D eigenvalue weighted by Crippen LogP contribution is -2.42. The van der Waals surface area contributed by atoms with Gasteiger partial charge < -0.3 is 25.8 Å². The van der Waals surface area contributed by atoms with E-state index < -0.39 is 0 Å².